The predicted molar refractivity (Wildman–Crippen MR) is 82.0 cm³/mol. The third kappa shape index (κ3) is 4.15. The number of benzene rings is 2. The molecule has 2 rings (SSSR count). The molecule has 0 saturated carbocycles. The molecule has 0 heterocycles. The second kappa shape index (κ2) is 7.66. The average molecular weight is 267 g/mol. The van der Waals surface area contributed by atoms with E-state index in [-0.39, 0.29) is 0 Å². The summed E-state index contributed by atoms with van der Waals surface area (Å²) >= 11 is 1.92. The third-order valence-corrected chi connectivity index (χ3v) is 4.32. The van der Waals surface area contributed by atoms with Gasteiger partial charge >= 0.3 is 0 Å². The number of thioether (sulfide) groups is 1. The molecule has 2 aromatic rings. The highest BCUT2D eigenvalue weighted by atomic mass is 32.2. The summed E-state index contributed by atoms with van der Waals surface area (Å²) in [6, 6.07) is 23.3. The fourth-order valence-corrected chi connectivity index (χ4v) is 3.24. The number of rotatable bonds is 6. The Labute approximate surface area is 119 Å². The molecule has 0 saturated heterocycles. The zero-order valence-corrected chi connectivity index (χ0v) is 11.6. The Morgan fingerprint density at radius 2 is 1.42 bits per heavy atom. The summed E-state index contributed by atoms with van der Waals surface area (Å²) in [5.41, 5.74) is 2.66. The molecule has 0 spiro atoms. The van der Waals surface area contributed by atoms with Gasteiger partial charge in [-0.25, -0.2) is 0 Å². The van der Waals surface area contributed by atoms with E-state index in [1.165, 1.54) is 11.1 Å². The predicted octanol–water partition coefficient (Wildman–Crippen LogP) is 4.81. The van der Waals surface area contributed by atoms with Crippen LogP contribution in [0.25, 0.3) is 0 Å². The summed E-state index contributed by atoms with van der Waals surface area (Å²) in [6.07, 6.45) is 1.60. The molecule has 0 radical (unpaired) electrons. The molecule has 0 unspecified atom stereocenters. The second-order valence-electron chi connectivity index (χ2n) is 4.33. The van der Waals surface area contributed by atoms with Crippen LogP contribution in [0.5, 0.6) is 0 Å². The summed E-state index contributed by atoms with van der Waals surface area (Å²) in [6.45, 7) is 0. The molecule has 0 aliphatic heterocycles. The van der Waals surface area contributed by atoms with Gasteiger partial charge in [0.15, 0.2) is 0 Å². The van der Waals surface area contributed by atoms with Crippen molar-refractivity contribution in [1.29, 1.82) is 5.26 Å². The largest absolute Gasteiger partial charge is 0.198 e. The standard InChI is InChI=1S/C17H17NS/c18-13-7-8-14-19-17(15-9-3-1-4-10-15)16-11-5-2-6-12-16/h1-6,9-12,17H,7-8,14H2. The van der Waals surface area contributed by atoms with E-state index in [1.807, 2.05) is 23.9 Å². The Balaban J connectivity index is 2.13. The Bertz CT molecular complexity index is 476. The highest BCUT2D eigenvalue weighted by molar-refractivity contribution is 7.99. The fourth-order valence-electron chi connectivity index (χ4n) is 1.99. The van der Waals surface area contributed by atoms with E-state index in [1.54, 1.807) is 0 Å². The molecule has 96 valence electrons. The Morgan fingerprint density at radius 1 is 0.895 bits per heavy atom. The lowest BCUT2D eigenvalue weighted by Crippen LogP contribution is -1.97. The lowest BCUT2D eigenvalue weighted by atomic mass is 10.0. The molecular formula is C17H17NS. The van der Waals surface area contributed by atoms with Gasteiger partial charge in [0.25, 0.3) is 0 Å². The van der Waals surface area contributed by atoms with E-state index in [4.69, 9.17) is 5.26 Å². The zero-order valence-electron chi connectivity index (χ0n) is 10.8. The lowest BCUT2D eigenvalue weighted by Gasteiger charge is -2.17. The highest BCUT2D eigenvalue weighted by Crippen LogP contribution is 2.35. The number of nitriles is 1. The number of unbranched alkanes of at least 4 members (excludes halogenated alkanes) is 1. The molecule has 0 N–H and O–H groups in total. The molecule has 0 aromatic heterocycles. The molecule has 0 aliphatic rings. The van der Waals surface area contributed by atoms with Crippen molar-refractivity contribution in [3.63, 3.8) is 0 Å². The van der Waals surface area contributed by atoms with Crippen molar-refractivity contribution < 1.29 is 0 Å². The molecule has 0 bridgehead atoms. The molecule has 2 heteroatoms. The molecule has 0 amide bonds. The maximum absolute atomic E-state index is 8.61. The van der Waals surface area contributed by atoms with Gasteiger partial charge in [-0.15, -0.1) is 11.8 Å². The van der Waals surface area contributed by atoms with E-state index >= 15 is 0 Å². The summed E-state index contributed by atoms with van der Waals surface area (Å²) in [4.78, 5) is 0. The van der Waals surface area contributed by atoms with Crippen molar-refractivity contribution in [2.75, 3.05) is 5.75 Å². The number of hydrogen-bond acceptors (Lipinski definition) is 2. The lowest BCUT2D eigenvalue weighted by molar-refractivity contribution is 0.976. The minimum Gasteiger partial charge on any atom is -0.198 e. The molecule has 19 heavy (non-hydrogen) atoms. The Hall–Kier alpha value is -1.72. The summed E-state index contributed by atoms with van der Waals surface area (Å²) in [7, 11) is 0. The first-order chi connectivity index (χ1) is 9.42. The smallest absolute Gasteiger partial charge is 0.0622 e. The summed E-state index contributed by atoms with van der Waals surface area (Å²) in [5, 5.41) is 8.97. The van der Waals surface area contributed by atoms with Crippen LogP contribution in [0.2, 0.25) is 0 Å². The van der Waals surface area contributed by atoms with Gasteiger partial charge in [-0.05, 0) is 23.3 Å². The molecule has 0 aliphatic carbocycles. The maximum atomic E-state index is 8.61. The van der Waals surface area contributed by atoms with Crippen LogP contribution < -0.4 is 0 Å². The van der Waals surface area contributed by atoms with Crippen LogP contribution >= 0.6 is 11.8 Å². The van der Waals surface area contributed by atoms with Crippen molar-refractivity contribution in [3.8, 4) is 6.07 Å². The fraction of sp³-hybridized carbons (Fsp3) is 0.235. The van der Waals surface area contributed by atoms with E-state index in [9.17, 15) is 0 Å². The van der Waals surface area contributed by atoms with Crippen molar-refractivity contribution in [2.45, 2.75) is 18.1 Å². The molecule has 1 nitrogen and oxygen atoms in total. The Morgan fingerprint density at radius 3 is 1.89 bits per heavy atom. The van der Waals surface area contributed by atoms with Crippen LogP contribution in [0, 0.1) is 11.3 Å². The SMILES string of the molecule is N#CCCCSC(c1ccccc1)c1ccccc1. The van der Waals surface area contributed by atoms with Gasteiger partial charge in [0, 0.05) is 6.42 Å². The van der Waals surface area contributed by atoms with Gasteiger partial charge in [-0.2, -0.15) is 5.26 Å². The minimum atomic E-state index is 0.362. The molecule has 0 atom stereocenters. The van der Waals surface area contributed by atoms with E-state index in [2.05, 4.69) is 54.6 Å². The molecular weight excluding hydrogens is 250 g/mol. The maximum Gasteiger partial charge on any atom is 0.0622 e. The van der Waals surface area contributed by atoms with Crippen LogP contribution in [-0.2, 0) is 0 Å². The van der Waals surface area contributed by atoms with Crippen LogP contribution in [0.4, 0.5) is 0 Å². The topological polar surface area (TPSA) is 23.8 Å². The van der Waals surface area contributed by atoms with Crippen LogP contribution in [0.1, 0.15) is 29.2 Å². The van der Waals surface area contributed by atoms with Gasteiger partial charge < -0.3 is 0 Å². The number of hydrogen-bond donors (Lipinski definition) is 0. The van der Waals surface area contributed by atoms with Crippen LogP contribution in [-0.4, -0.2) is 5.75 Å². The van der Waals surface area contributed by atoms with Crippen molar-refractivity contribution >= 4 is 11.8 Å². The first-order valence-corrected chi connectivity index (χ1v) is 7.55. The van der Waals surface area contributed by atoms with E-state index in [0.29, 0.717) is 11.7 Å². The van der Waals surface area contributed by atoms with Crippen molar-refractivity contribution in [3.05, 3.63) is 71.8 Å². The quantitative estimate of drug-likeness (QED) is 0.701. The van der Waals surface area contributed by atoms with E-state index in [0.717, 1.165) is 12.2 Å². The monoisotopic (exact) mass is 267 g/mol. The molecule has 0 fully saturated rings. The third-order valence-electron chi connectivity index (χ3n) is 2.92. The second-order valence-corrected chi connectivity index (χ2v) is 5.55. The Kier molecular flexibility index (Phi) is 5.52. The van der Waals surface area contributed by atoms with Gasteiger partial charge in [0.1, 0.15) is 0 Å². The van der Waals surface area contributed by atoms with Crippen LogP contribution in [0.15, 0.2) is 60.7 Å². The normalized spacial score (nSPS) is 10.3. The summed E-state index contributed by atoms with van der Waals surface area (Å²) in [5.74, 6) is 1.02. The minimum absolute atomic E-state index is 0.362. The van der Waals surface area contributed by atoms with Gasteiger partial charge in [0.2, 0.25) is 0 Å². The van der Waals surface area contributed by atoms with Gasteiger partial charge in [0.05, 0.1) is 11.3 Å². The first-order valence-electron chi connectivity index (χ1n) is 6.50. The average Bonchev–Trinajstić information content (AvgIpc) is 2.49. The number of nitrogens with zero attached hydrogens (tertiary/aromatic N) is 1. The van der Waals surface area contributed by atoms with Gasteiger partial charge in [-0.3, -0.25) is 0 Å². The summed E-state index contributed by atoms with van der Waals surface area (Å²) < 4.78 is 0. The zero-order chi connectivity index (χ0) is 13.3. The first kappa shape index (κ1) is 13.7. The van der Waals surface area contributed by atoms with Crippen molar-refractivity contribution in [2.24, 2.45) is 0 Å². The van der Waals surface area contributed by atoms with Gasteiger partial charge in [-0.1, -0.05) is 60.7 Å². The highest BCUT2D eigenvalue weighted by Gasteiger charge is 2.13. The van der Waals surface area contributed by atoms with Crippen LogP contribution in [0.3, 0.4) is 0 Å². The van der Waals surface area contributed by atoms with E-state index < -0.39 is 0 Å². The molecule has 2 aromatic carbocycles. The van der Waals surface area contributed by atoms with Crippen molar-refractivity contribution in [1.82, 2.24) is 0 Å².